The smallest absolute Gasteiger partial charge is 0.251 e. The largest absolute Gasteiger partial charge is 0.366 e. The number of nitrogens with zero attached hydrogens (tertiary/aromatic N) is 3. The summed E-state index contributed by atoms with van der Waals surface area (Å²) in [4.78, 5) is 33.1. The molecule has 2 aliphatic heterocycles. The molecule has 0 aromatic carbocycles. The molecule has 1 spiro atoms. The Bertz CT molecular complexity index is 669. The summed E-state index contributed by atoms with van der Waals surface area (Å²) < 4.78 is 5.66. The van der Waals surface area contributed by atoms with Crippen molar-refractivity contribution in [3.05, 3.63) is 30.1 Å². The van der Waals surface area contributed by atoms with Crippen LogP contribution in [0.2, 0.25) is 0 Å². The third-order valence-corrected chi connectivity index (χ3v) is 6.13. The number of ether oxygens (including phenoxy) is 1. The molecule has 0 bridgehead atoms. The van der Waals surface area contributed by atoms with Gasteiger partial charge in [0.25, 0.3) is 5.91 Å². The first-order valence-corrected chi connectivity index (χ1v) is 10.5. The van der Waals surface area contributed by atoms with Gasteiger partial charge >= 0.3 is 0 Å². The molecule has 154 valence electrons. The highest BCUT2D eigenvalue weighted by molar-refractivity contribution is 5.80. The maximum atomic E-state index is 12.6. The van der Waals surface area contributed by atoms with Crippen LogP contribution in [-0.2, 0) is 20.7 Å². The van der Waals surface area contributed by atoms with Gasteiger partial charge in [-0.3, -0.25) is 14.6 Å². The van der Waals surface area contributed by atoms with Crippen molar-refractivity contribution in [2.45, 2.75) is 65.1 Å². The molecule has 2 aliphatic rings. The van der Waals surface area contributed by atoms with E-state index in [2.05, 4.69) is 4.98 Å². The molecule has 0 aliphatic carbocycles. The normalized spacial score (nSPS) is 20.6. The lowest BCUT2D eigenvalue weighted by atomic mass is 9.72. The lowest BCUT2D eigenvalue weighted by Crippen LogP contribution is -2.53. The molecule has 1 atom stereocenters. The van der Waals surface area contributed by atoms with Gasteiger partial charge in [0.1, 0.15) is 6.10 Å². The zero-order valence-corrected chi connectivity index (χ0v) is 17.4. The molecule has 2 fully saturated rings. The number of carbonyl (C=O) groups excluding carboxylic acids is 2. The van der Waals surface area contributed by atoms with E-state index in [1.807, 2.05) is 42.7 Å². The predicted molar refractivity (Wildman–Crippen MR) is 108 cm³/mol. The fraction of sp³-hybridized carbons (Fsp3) is 0.682. The Morgan fingerprint density at radius 3 is 2.50 bits per heavy atom. The number of carbonyl (C=O) groups is 2. The Balaban J connectivity index is 1.54. The van der Waals surface area contributed by atoms with Crippen molar-refractivity contribution < 1.29 is 14.3 Å². The van der Waals surface area contributed by atoms with E-state index >= 15 is 0 Å². The second-order valence-electron chi connectivity index (χ2n) is 8.57. The fourth-order valence-electron chi connectivity index (χ4n) is 4.45. The highest BCUT2D eigenvalue weighted by Gasteiger charge is 2.42. The molecule has 6 nitrogen and oxygen atoms in total. The molecule has 3 heterocycles. The fourth-order valence-corrected chi connectivity index (χ4v) is 4.45. The van der Waals surface area contributed by atoms with Gasteiger partial charge in [-0.2, -0.15) is 0 Å². The first-order chi connectivity index (χ1) is 13.4. The summed E-state index contributed by atoms with van der Waals surface area (Å²) >= 11 is 0. The van der Waals surface area contributed by atoms with Crippen LogP contribution in [0, 0.1) is 5.41 Å². The SMILES string of the molecule is CC(C)O[C@H](C)C(=O)N1CCC2(CCC(=O)N(CCc3ccncc3)C2)CC1. The summed E-state index contributed by atoms with van der Waals surface area (Å²) in [5.41, 5.74) is 1.37. The van der Waals surface area contributed by atoms with Crippen LogP contribution in [-0.4, -0.2) is 65.0 Å². The second kappa shape index (κ2) is 9.03. The molecule has 6 heteroatoms. The Kier molecular flexibility index (Phi) is 6.70. The summed E-state index contributed by atoms with van der Waals surface area (Å²) in [5, 5.41) is 0. The van der Waals surface area contributed by atoms with Gasteiger partial charge < -0.3 is 14.5 Å². The van der Waals surface area contributed by atoms with Gasteiger partial charge in [0.2, 0.25) is 5.91 Å². The van der Waals surface area contributed by atoms with E-state index in [0.717, 1.165) is 51.9 Å². The molecule has 1 aromatic heterocycles. The molecular formula is C22H33N3O3. The van der Waals surface area contributed by atoms with Crippen molar-refractivity contribution in [1.82, 2.24) is 14.8 Å². The summed E-state index contributed by atoms with van der Waals surface area (Å²) in [6.45, 7) is 8.84. The van der Waals surface area contributed by atoms with Gasteiger partial charge in [-0.1, -0.05) is 0 Å². The summed E-state index contributed by atoms with van der Waals surface area (Å²) in [6.07, 6.45) is 7.61. The average molecular weight is 388 g/mol. The predicted octanol–water partition coefficient (Wildman–Crippen LogP) is 2.67. The number of hydrogen-bond donors (Lipinski definition) is 0. The zero-order valence-electron chi connectivity index (χ0n) is 17.4. The molecule has 2 amide bonds. The minimum atomic E-state index is -0.390. The van der Waals surface area contributed by atoms with Gasteiger partial charge in [-0.25, -0.2) is 0 Å². The Hall–Kier alpha value is -1.95. The zero-order chi connectivity index (χ0) is 20.1. The number of pyridine rings is 1. The van der Waals surface area contributed by atoms with Crippen LogP contribution in [0.5, 0.6) is 0 Å². The van der Waals surface area contributed by atoms with Gasteiger partial charge in [0.15, 0.2) is 0 Å². The maximum absolute atomic E-state index is 12.6. The van der Waals surface area contributed by atoms with Crippen LogP contribution in [0.4, 0.5) is 0 Å². The number of likely N-dealkylation sites (tertiary alicyclic amines) is 2. The molecule has 0 saturated carbocycles. The van der Waals surface area contributed by atoms with E-state index in [1.165, 1.54) is 5.56 Å². The Morgan fingerprint density at radius 1 is 1.18 bits per heavy atom. The van der Waals surface area contributed by atoms with Crippen LogP contribution >= 0.6 is 0 Å². The van der Waals surface area contributed by atoms with E-state index < -0.39 is 0 Å². The molecule has 0 N–H and O–H groups in total. The number of hydrogen-bond acceptors (Lipinski definition) is 4. The Morgan fingerprint density at radius 2 is 1.86 bits per heavy atom. The van der Waals surface area contributed by atoms with Gasteiger partial charge in [0.05, 0.1) is 6.10 Å². The first kappa shape index (κ1) is 20.8. The van der Waals surface area contributed by atoms with E-state index in [0.29, 0.717) is 6.42 Å². The van der Waals surface area contributed by atoms with Gasteiger partial charge in [-0.05, 0) is 69.6 Å². The van der Waals surface area contributed by atoms with Crippen molar-refractivity contribution in [2.75, 3.05) is 26.2 Å². The number of aromatic nitrogens is 1. The van der Waals surface area contributed by atoms with Gasteiger partial charge in [-0.15, -0.1) is 0 Å². The monoisotopic (exact) mass is 387 g/mol. The minimum Gasteiger partial charge on any atom is -0.366 e. The minimum absolute atomic E-state index is 0.0494. The van der Waals surface area contributed by atoms with Crippen molar-refractivity contribution in [2.24, 2.45) is 5.41 Å². The van der Waals surface area contributed by atoms with Crippen molar-refractivity contribution >= 4 is 11.8 Å². The van der Waals surface area contributed by atoms with E-state index in [9.17, 15) is 9.59 Å². The van der Waals surface area contributed by atoms with E-state index in [-0.39, 0.29) is 29.4 Å². The second-order valence-corrected chi connectivity index (χ2v) is 8.57. The highest BCUT2D eigenvalue weighted by Crippen LogP contribution is 2.40. The highest BCUT2D eigenvalue weighted by atomic mass is 16.5. The molecule has 2 saturated heterocycles. The van der Waals surface area contributed by atoms with E-state index in [4.69, 9.17) is 4.74 Å². The lowest BCUT2D eigenvalue weighted by Gasteiger charge is -2.47. The third kappa shape index (κ3) is 5.10. The van der Waals surface area contributed by atoms with Crippen molar-refractivity contribution in [3.63, 3.8) is 0 Å². The topological polar surface area (TPSA) is 62.7 Å². The quantitative estimate of drug-likeness (QED) is 0.753. The maximum Gasteiger partial charge on any atom is 0.251 e. The number of amides is 2. The van der Waals surface area contributed by atoms with Crippen molar-refractivity contribution in [1.29, 1.82) is 0 Å². The van der Waals surface area contributed by atoms with Crippen LogP contribution in [0.15, 0.2) is 24.5 Å². The summed E-state index contributed by atoms with van der Waals surface area (Å²) in [5.74, 6) is 0.349. The molecule has 0 radical (unpaired) electrons. The molecule has 28 heavy (non-hydrogen) atoms. The molecule has 1 aromatic rings. The number of piperidine rings is 2. The van der Waals surface area contributed by atoms with Crippen molar-refractivity contribution in [3.8, 4) is 0 Å². The summed E-state index contributed by atoms with van der Waals surface area (Å²) in [6, 6.07) is 4.02. The average Bonchev–Trinajstić information content (AvgIpc) is 2.69. The number of rotatable bonds is 6. The molecular weight excluding hydrogens is 354 g/mol. The van der Waals surface area contributed by atoms with Crippen LogP contribution in [0.3, 0.4) is 0 Å². The van der Waals surface area contributed by atoms with Crippen LogP contribution < -0.4 is 0 Å². The standard InChI is InChI=1S/C22H33N3O3/c1-17(2)28-18(3)21(27)24-14-9-22(10-15-24)8-4-20(26)25(16-22)13-7-19-5-11-23-12-6-19/h5-6,11-12,17-18H,4,7-10,13-16H2,1-3H3/t18-/m1/s1. The summed E-state index contributed by atoms with van der Waals surface area (Å²) in [7, 11) is 0. The molecule has 3 rings (SSSR count). The molecule has 0 unspecified atom stereocenters. The van der Waals surface area contributed by atoms with Crippen LogP contribution in [0.25, 0.3) is 0 Å². The van der Waals surface area contributed by atoms with Crippen LogP contribution in [0.1, 0.15) is 52.0 Å². The lowest BCUT2D eigenvalue weighted by molar-refractivity contribution is -0.150. The Labute approximate surface area is 168 Å². The third-order valence-electron chi connectivity index (χ3n) is 6.13. The van der Waals surface area contributed by atoms with Gasteiger partial charge in [0, 0.05) is 45.0 Å². The van der Waals surface area contributed by atoms with E-state index in [1.54, 1.807) is 12.4 Å². The first-order valence-electron chi connectivity index (χ1n) is 10.5.